The average Bonchev–Trinajstić information content (AvgIpc) is 3.04. The Labute approximate surface area is 264 Å². The van der Waals surface area contributed by atoms with Crippen molar-refractivity contribution < 1.29 is 10.2 Å². The van der Waals surface area contributed by atoms with Crippen molar-refractivity contribution >= 4 is 0 Å². The van der Waals surface area contributed by atoms with Gasteiger partial charge < -0.3 is 21.3 Å². The predicted octanol–water partition coefficient (Wildman–Crippen LogP) is 8.32. The molecule has 244 valence electrons. The van der Waals surface area contributed by atoms with Crippen molar-refractivity contribution in [2.45, 2.75) is 134 Å². The first kappa shape index (κ1) is 37.4. The molecule has 5 heteroatoms. The fourth-order valence-corrected chi connectivity index (χ4v) is 6.09. The topological polar surface area (TPSA) is 81.8 Å². The predicted molar refractivity (Wildman–Crippen MR) is 184 cm³/mol. The minimum absolute atomic E-state index is 0.218. The van der Waals surface area contributed by atoms with Crippen molar-refractivity contribution in [2.75, 3.05) is 32.7 Å². The minimum Gasteiger partial charge on any atom is -0.387 e. The summed E-state index contributed by atoms with van der Waals surface area (Å²) in [4.78, 5) is 2.30. The number of unbranched alkanes of at least 4 members (excludes halogenated alkanes) is 15. The molecule has 0 aliphatic rings. The first-order chi connectivity index (χ1) is 21.2. The van der Waals surface area contributed by atoms with E-state index in [2.05, 4.69) is 17.1 Å². The number of nitrogens with one attached hydrogen (secondary N) is 1. The van der Waals surface area contributed by atoms with Gasteiger partial charge in [-0.3, -0.25) is 4.90 Å². The molecule has 0 aliphatic heterocycles. The smallest absolute Gasteiger partial charge is 0.0917 e. The van der Waals surface area contributed by atoms with E-state index in [1.807, 2.05) is 60.7 Å². The highest BCUT2D eigenvalue weighted by Crippen LogP contribution is 2.22. The zero-order valence-electron chi connectivity index (χ0n) is 27.5. The van der Waals surface area contributed by atoms with Gasteiger partial charge in [-0.2, -0.15) is 0 Å². The molecule has 3 atom stereocenters. The van der Waals surface area contributed by atoms with E-state index in [-0.39, 0.29) is 6.04 Å². The number of hydrogen-bond donors (Lipinski definition) is 4. The molecule has 0 saturated heterocycles. The maximum absolute atomic E-state index is 11.1. The lowest BCUT2D eigenvalue weighted by molar-refractivity contribution is 0.0407. The van der Waals surface area contributed by atoms with Crippen molar-refractivity contribution in [2.24, 2.45) is 5.73 Å². The Balaban J connectivity index is 1.76. The number of aliphatic hydroxyl groups excluding tert-OH is 2. The second-order valence-corrected chi connectivity index (χ2v) is 12.5. The van der Waals surface area contributed by atoms with Crippen LogP contribution in [0.2, 0.25) is 0 Å². The first-order valence-electron chi connectivity index (χ1n) is 17.8. The van der Waals surface area contributed by atoms with Crippen molar-refractivity contribution in [1.82, 2.24) is 10.2 Å². The molecule has 0 fully saturated rings. The molecule has 5 N–H and O–H groups in total. The number of benzene rings is 2. The summed E-state index contributed by atoms with van der Waals surface area (Å²) in [6.45, 7) is 5.44. The van der Waals surface area contributed by atoms with E-state index < -0.39 is 12.2 Å². The molecule has 0 saturated carbocycles. The first-order valence-corrected chi connectivity index (χ1v) is 17.8. The van der Waals surface area contributed by atoms with Crippen LogP contribution in [0.1, 0.15) is 139 Å². The Bertz CT molecular complexity index is 819. The van der Waals surface area contributed by atoms with Crippen LogP contribution in [0.3, 0.4) is 0 Å². The van der Waals surface area contributed by atoms with E-state index in [1.54, 1.807) is 0 Å². The van der Waals surface area contributed by atoms with E-state index >= 15 is 0 Å². The van der Waals surface area contributed by atoms with Gasteiger partial charge in [0.05, 0.1) is 12.2 Å². The molecule has 0 spiro atoms. The van der Waals surface area contributed by atoms with E-state index in [0.29, 0.717) is 19.6 Å². The largest absolute Gasteiger partial charge is 0.387 e. The number of rotatable bonds is 28. The molecule has 2 aromatic carbocycles. The van der Waals surface area contributed by atoms with Crippen LogP contribution < -0.4 is 11.1 Å². The summed E-state index contributed by atoms with van der Waals surface area (Å²) in [6, 6.07) is 20.0. The van der Waals surface area contributed by atoms with Crippen molar-refractivity contribution in [3.63, 3.8) is 0 Å². The highest BCUT2D eigenvalue weighted by atomic mass is 16.3. The van der Waals surface area contributed by atoms with Gasteiger partial charge in [0, 0.05) is 38.8 Å². The summed E-state index contributed by atoms with van der Waals surface area (Å²) in [5.41, 5.74) is 7.62. The SMILES string of the molecule is CCCCCCCCCCCCCCCCCCC(CNCCN)N(CC(O)c1ccccc1)CC(O)c1ccccc1. The standard InChI is InChI=1S/C38H65N3O2/c1-2-3-4-5-6-7-8-9-10-11-12-13-14-15-16-23-28-36(31-40-30-29-39)41(32-37(42)34-24-19-17-20-25-34)33-38(43)35-26-21-18-22-27-35/h17-22,24-27,36-38,40,42-43H,2-16,23,28-33,39H2,1H3. The third kappa shape index (κ3) is 18.0. The van der Waals surface area contributed by atoms with Crippen LogP contribution in [0, 0.1) is 0 Å². The number of hydrogen-bond acceptors (Lipinski definition) is 5. The van der Waals surface area contributed by atoms with Gasteiger partial charge in [0.2, 0.25) is 0 Å². The second kappa shape index (κ2) is 25.6. The van der Waals surface area contributed by atoms with Crippen LogP contribution in [-0.4, -0.2) is 53.9 Å². The number of aliphatic hydroxyl groups is 2. The van der Waals surface area contributed by atoms with Crippen LogP contribution in [0.5, 0.6) is 0 Å². The maximum Gasteiger partial charge on any atom is 0.0917 e. The maximum atomic E-state index is 11.1. The molecule has 3 unspecified atom stereocenters. The lowest BCUT2D eigenvalue weighted by Crippen LogP contribution is -2.46. The van der Waals surface area contributed by atoms with Gasteiger partial charge in [-0.15, -0.1) is 0 Å². The summed E-state index contributed by atoms with van der Waals surface area (Å²) in [7, 11) is 0. The molecule has 43 heavy (non-hydrogen) atoms. The van der Waals surface area contributed by atoms with Crippen LogP contribution in [0.15, 0.2) is 60.7 Å². The van der Waals surface area contributed by atoms with Gasteiger partial charge in [-0.1, -0.05) is 170 Å². The van der Waals surface area contributed by atoms with Crippen molar-refractivity contribution in [3.8, 4) is 0 Å². The third-order valence-electron chi connectivity index (χ3n) is 8.79. The highest BCUT2D eigenvalue weighted by molar-refractivity contribution is 5.19. The molecule has 0 amide bonds. The Morgan fingerprint density at radius 3 is 1.40 bits per heavy atom. The molecule has 0 radical (unpaired) electrons. The summed E-state index contributed by atoms with van der Waals surface area (Å²) >= 11 is 0. The van der Waals surface area contributed by atoms with Gasteiger partial charge in [0.25, 0.3) is 0 Å². The molecular weight excluding hydrogens is 530 g/mol. The zero-order chi connectivity index (χ0) is 30.8. The van der Waals surface area contributed by atoms with Gasteiger partial charge in [0.1, 0.15) is 0 Å². The van der Waals surface area contributed by atoms with E-state index in [4.69, 9.17) is 5.73 Å². The quantitative estimate of drug-likeness (QED) is 0.0744. The van der Waals surface area contributed by atoms with Gasteiger partial charge in [-0.25, -0.2) is 0 Å². The van der Waals surface area contributed by atoms with Crippen LogP contribution in [0.25, 0.3) is 0 Å². The Morgan fingerprint density at radius 2 is 1.00 bits per heavy atom. The Hall–Kier alpha value is -1.76. The Morgan fingerprint density at radius 1 is 0.605 bits per heavy atom. The molecule has 0 aliphatic carbocycles. The summed E-state index contributed by atoms with van der Waals surface area (Å²) in [5.74, 6) is 0. The van der Waals surface area contributed by atoms with E-state index in [0.717, 1.165) is 37.1 Å². The summed E-state index contributed by atoms with van der Waals surface area (Å²) in [5, 5.41) is 25.8. The fraction of sp³-hybridized carbons (Fsp3) is 0.684. The highest BCUT2D eigenvalue weighted by Gasteiger charge is 2.24. The van der Waals surface area contributed by atoms with Crippen LogP contribution >= 0.6 is 0 Å². The number of nitrogens with two attached hydrogens (primary N) is 1. The van der Waals surface area contributed by atoms with Gasteiger partial charge >= 0.3 is 0 Å². The van der Waals surface area contributed by atoms with Crippen molar-refractivity contribution in [3.05, 3.63) is 71.8 Å². The summed E-state index contributed by atoms with van der Waals surface area (Å²) < 4.78 is 0. The molecule has 0 aromatic heterocycles. The van der Waals surface area contributed by atoms with Crippen LogP contribution in [-0.2, 0) is 0 Å². The fourth-order valence-electron chi connectivity index (χ4n) is 6.09. The minimum atomic E-state index is -0.605. The van der Waals surface area contributed by atoms with E-state index in [1.165, 1.54) is 96.3 Å². The molecule has 5 nitrogen and oxygen atoms in total. The summed E-state index contributed by atoms with van der Waals surface area (Å²) in [6.07, 6.45) is 21.7. The molecule has 2 rings (SSSR count). The molecular formula is C38H65N3O2. The molecule has 0 heterocycles. The molecule has 0 bridgehead atoms. The van der Waals surface area contributed by atoms with Crippen LogP contribution in [0.4, 0.5) is 0 Å². The third-order valence-corrected chi connectivity index (χ3v) is 8.79. The molecule has 2 aromatic rings. The second-order valence-electron chi connectivity index (χ2n) is 12.5. The lowest BCUT2D eigenvalue weighted by atomic mass is 10.0. The van der Waals surface area contributed by atoms with Gasteiger partial charge in [0.15, 0.2) is 0 Å². The zero-order valence-corrected chi connectivity index (χ0v) is 27.5. The lowest BCUT2D eigenvalue weighted by Gasteiger charge is -2.35. The Kier molecular flexibility index (Phi) is 22.2. The number of nitrogens with zero attached hydrogens (tertiary/aromatic N) is 1. The van der Waals surface area contributed by atoms with Gasteiger partial charge in [-0.05, 0) is 17.5 Å². The average molecular weight is 596 g/mol. The normalized spacial score (nSPS) is 13.8. The van der Waals surface area contributed by atoms with Crippen molar-refractivity contribution in [1.29, 1.82) is 0 Å². The monoisotopic (exact) mass is 596 g/mol. The van der Waals surface area contributed by atoms with E-state index in [9.17, 15) is 10.2 Å².